The molecule has 2 aromatic carbocycles. The first-order chi connectivity index (χ1) is 35.4. The van der Waals surface area contributed by atoms with Crippen molar-refractivity contribution in [3.05, 3.63) is 93.1 Å². The Morgan fingerprint density at radius 2 is 1.68 bits per heavy atom. The second-order valence-electron chi connectivity index (χ2n) is 22.7. The lowest BCUT2D eigenvalue weighted by atomic mass is 9.44. The quantitative estimate of drug-likeness (QED) is 0.0787. The van der Waals surface area contributed by atoms with E-state index in [2.05, 4.69) is 12.1 Å². The highest BCUT2D eigenvalue weighted by molar-refractivity contribution is 6.04. The highest BCUT2D eigenvalue weighted by Gasteiger charge is 2.84. The van der Waals surface area contributed by atoms with E-state index >= 15 is 4.79 Å². The van der Waals surface area contributed by atoms with Crippen LogP contribution in [0.5, 0.6) is 23.0 Å². The van der Waals surface area contributed by atoms with Gasteiger partial charge in [0.2, 0.25) is 12.2 Å². The molecule has 75 heavy (non-hydrogen) atoms. The molecule has 0 radical (unpaired) electrons. The van der Waals surface area contributed by atoms with Gasteiger partial charge in [0.05, 0.1) is 36.5 Å². The van der Waals surface area contributed by atoms with Crippen molar-refractivity contribution in [3.63, 3.8) is 0 Å². The molecular weight excluding hydrogens is 965 g/mol. The Morgan fingerprint density at radius 1 is 0.960 bits per heavy atom. The number of hydrogen-bond donors (Lipinski definition) is 3. The molecule has 3 saturated carbocycles. The Kier molecular flexibility index (Phi) is 12.9. The summed E-state index contributed by atoms with van der Waals surface area (Å²) in [7, 11) is 1.28. The average Bonchev–Trinajstić information content (AvgIpc) is 3.79. The zero-order valence-corrected chi connectivity index (χ0v) is 44.3. The highest BCUT2D eigenvalue weighted by Crippen LogP contribution is 2.74. The van der Waals surface area contributed by atoms with E-state index in [1.54, 1.807) is 26.8 Å². The highest BCUT2D eigenvalue weighted by atomic mass is 16.8. The van der Waals surface area contributed by atoms with Gasteiger partial charge in [-0.2, -0.15) is 5.26 Å². The Bertz CT molecular complexity index is 2970. The second kappa shape index (κ2) is 18.6. The van der Waals surface area contributed by atoms with E-state index in [4.69, 9.17) is 47.4 Å². The van der Waals surface area contributed by atoms with Crippen molar-refractivity contribution in [1.82, 2.24) is 0 Å². The minimum absolute atomic E-state index is 0.00586. The van der Waals surface area contributed by atoms with E-state index in [9.17, 15) is 30.5 Å². The van der Waals surface area contributed by atoms with Gasteiger partial charge in [0.1, 0.15) is 64.5 Å². The Labute approximate surface area is 436 Å². The number of carbonyl (C=O) groups excluding carboxylic acids is 3. The van der Waals surface area contributed by atoms with Crippen molar-refractivity contribution in [2.75, 3.05) is 13.7 Å². The summed E-state index contributed by atoms with van der Waals surface area (Å²) >= 11 is 0. The molecule has 9 aliphatic rings. The fourth-order valence-corrected chi connectivity index (χ4v) is 12.6. The summed E-state index contributed by atoms with van der Waals surface area (Å²) in [4.78, 5) is 43.3. The van der Waals surface area contributed by atoms with E-state index in [1.807, 2.05) is 66.7 Å². The van der Waals surface area contributed by atoms with Crippen LogP contribution in [0.25, 0.3) is 11.8 Å². The van der Waals surface area contributed by atoms with Crippen molar-refractivity contribution < 1.29 is 72.0 Å². The third kappa shape index (κ3) is 8.34. The molecule has 12 atom stereocenters. The van der Waals surface area contributed by atoms with E-state index in [0.29, 0.717) is 35.3 Å². The van der Waals surface area contributed by atoms with Crippen molar-refractivity contribution in [2.45, 2.75) is 160 Å². The third-order valence-electron chi connectivity index (χ3n) is 16.2. The Morgan fingerprint density at radius 3 is 2.36 bits per heavy atom. The van der Waals surface area contributed by atoms with Crippen LogP contribution in [-0.2, 0) is 44.4 Å². The van der Waals surface area contributed by atoms with Gasteiger partial charge in [-0.05, 0) is 131 Å². The van der Waals surface area contributed by atoms with Crippen molar-refractivity contribution in [2.24, 2.45) is 23.7 Å². The van der Waals surface area contributed by atoms with Crippen molar-refractivity contribution in [1.29, 1.82) is 10.7 Å². The standard InChI is InChI=1S/C58H66N2O15/c1-28(2)13-12-22-56(10)23-21-34-44(73-56)33(19-14-29(3)4)46-40(45(34)71-52(65)31-15-17-32(18-16-31)68-53-43(62)42(61)47-37(69-53)27-67-55(8,9)72-47)48-41-39(36(26-59)50(60)70-48)35-25-38-54(6,7)75-57(49(35)63,58(38,41)74-46)24-20-30(5)51(64)66-11/h13-18,20-21,23,35-39,42-43,47,53,60-62H,12,19,22,24-25,27H2,1-11H3/t35-,36?,37+,38+,39?,42+,43+,47+,53+,56?,57?,58?/m0/s1. The lowest BCUT2D eigenvalue weighted by Gasteiger charge is -2.62. The number of esters is 2. The molecule has 6 aliphatic heterocycles. The number of methoxy groups -OCH3 is 1. The van der Waals surface area contributed by atoms with E-state index in [0.717, 1.165) is 11.1 Å². The van der Waals surface area contributed by atoms with E-state index in [1.165, 1.54) is 31.4 Å². The summed E-state index contributed by atoms with van der Waals surface area (Å²) in [5.74, 6) is -5.47. The number of ether oxygens (including phenoxy) is 10. The number of nitrogens with zero attached hydrogens (tertiary/aromatic N) is 1. The number of aliphatic hydroxyl groups is 2. The molecule has 11 rings (SSSR count). The van der Waals surface area contributed by atoms with Gasteiger partial charge >= 0.3 is 11.9 Å². The van der Waals surface area contributed by atoms with Gasteiger partial charge in [-0.3, -0.25) is 10.2 Å². The molecule has 1 spiro atoms. The summed E-state index contributed by atoms with van der Waals surface area (Å²) in [6.07, 6.45) is 5.67. The molecule has 6 heterocycles. The molecule has 17 nitrogen and oxygen atoms in total. The number of rotatable bonds is 12. The number of benzene rings is 2. The molecular formula is C58H66N2O15. The molecule has 3 N–H and O–H groups in total. The number of ketones is 1. The molecule has 17 heteroatoms. The first-order valence-corrected chi connectivity index (χ1v) is 25.7. The molecule has 3 aliphatic carbocycles. The van der Waals surface area contributed by atoms with Gasteiger partial charge in [-0.25, -0.2) is 9.59 Å². The van der Waals surface area contributed by atoms with Crippen LogP contribution in [0.3, 0.4) is 0 Å². The monoisotopic (exact) mass is 1030 g/mol. The third-order valence-corrected chi connectivity index (χ3v) is 16.2. The first-order valence-electron chi connectivity index (χ1n) is 25.7. The number of Topliss-reactive ketones (excluding diaryl/α,β-unsaturated/α-hetero) is 1. The van der Waals surface area contributed by atoms with Crippen molar-refractivity contribution in [3.8, 4) is 29.1 Å². The SMILES string of the molecule is COC(=O)C(C)=CCC12OC(C)(C)[C@H]3C[C@H](C1=O)C1C4=C(OC(=N)C1C#N)c1c(OC(=O)c5ccc(O[C@@H]6O[C@@H]7COC(C)(C)O[C@H]7[C@H](O)[C@H]6O)cc5)c5c(c(CC=C(C)C)c1OC432)OC(C)(CCC=C(C)C)C=C5. The molecule has 6 fully saturated rings. The molecule has 0 amide bonds. The zero-order valence-electron chi connectivity index (χ0n) is 44.3. The number of aliphatic hydroxyl groups excluding tert-OH is 2. The van der Waals surface area contributed by atoms with Gasteiger partial charge in [-0.1, -0.05) is 29.4 Å². The Hall–Kier alpha value is -6.13. The summed E-state index contributed by atoms with van der Waals surface area (Å²) in [5, 5.41) is 42.2. The molecule has 398 valence electrons. The predicted octanol–water partition coefficient (Wildman–Crippen LogP) is 8.18. The second-order valence-corrected chi connectivity index (χ2v) is 22.7. The van der Waals surface area contributed by atoms with Crippen LogP contribution in [0.15, 0.2) is 70.9 Å². The number of allylic oxidation sites excluding steroid dienone is 4. The summed E-state index contributed by atoms with van der Waals surface area (Å²) in [6.45, 7) is 19.0. The fourth-order valence-electron chi connectivity index (χ4n) is 12.6. The minimum atomic E-state index is -1.76. The zero-order chi connectivity index (χ0) is 53.9. The summed E-state index contributed by atoms with van der Waals surface area (Å²) in [5.41, 5.74) is -1.12. The topological polar surface area (TPSA) is 232 Å². The van der Waals surface area contributed by atoms with Crippen LogP contribution in [0.4, 0.5) is 0 Å². The lowest BCUT2D eigenvalue weighted by molar-refractivity contribution is -0.373. The van der Waals surface area contributed by atoms with E-state index < -0.39 is 94.5 Å². The maximum atomic E-state index is 15.6. The molecule has 5 unspecified atom stereocenters. The fraction of sp³-hybridized carbons (Fsp3) is 0.534. The maximum Gasteiger partial charge on any atom is 0.343 e. The average molecular weight is 1030 g/mol. The number of fused-ring (bicyclic) bond motifs is 4. The minimum Gasteiger partial charge on any atom is -0.482 e. The van der Waals surface area contributed by atoms with Crippen LogP contribution in [0.1, 0.15) is 122 Å². The molecule has 4 bridgehead atoms. The van der Waals surface area contributed by atoms with Gasteiger partial charge in [0.25, 0.3) is 0 Å². The van der Waals surface area contributed by atoms with Crippen LogP contribution in [-0.4, -0.2) is 106 Å². The summed E-state index contributed by atoms with van der Waals surface area (Å²) in [6, 6.07) is 8.27. The van der Waals surface area contributed by atoms with Crippen LogP contribution >= 0.6 is 0 Å². The predicted molar refractivity (Wildman–Crippen MR) is 270 cm³/mol. The molecule has 0 aromatic heterocycles. The van der Waals surface area contributed by atoms with Crippen LogP contribution in [0.2, 0.25) is 0 Å². The van der Waals surface area contributed by atoms with Crippen LogP contribution < -0.4 is 18.9 Å². The summed E-state index contributed by atoms with van der Waals surface area (Å²) < 4.78 is 64.0. The van der Waals surface area contributed by atoms with Gasteiger partial charge < -0.3 is 57.6 Å². The first kappa shape index (κ1) is 52.3. The number of carbonyl (C=O) groups is 3. The normalized spacial score (nSPS) is 34.0. The van der Waals surface area contributed by atoms with Gasteiger partial charge in [0.15, 0.2) is 28.5 Å². The Balaban J connectivity index is 1.13. The van der Waals surface area contributed by atoms with Crippen LogP contribution in [0, 0.1) is 40.4 Å². The smallest absolute Gasteiger partial charge is 0.343 e. The largest absolute Gasteiger partial charge is 0.482 e. The van der Waals surface area contributed by atoms with Gasteiger partial charge in [0, 0.05) is 40.9 Å². The van der Waals surface area contributed by atoms with Gasteiger partial charge in [-0.15, -0.1) is 0 Å². The maximum absolute atomic E-state index is 15.6. The van der Waals surface area contributed by atoms with Crippen molar-refractivity contribution >= 4 is 35.5 Å². The lowest BCUT2D eigenvalue weighted by Crippen LogP contribution is -2.75. The number of nitrogens with one attached hydrogen (secondary N) is 1. The molecule has 2 aromatic rings. The molecule has 3 saturated heterocycles. The number of hydrogen-bond acceptors (Lipinski definition) is 17. The number of nitriles is 1. The van der Waals surface area contributed by atoms with E-state index in [-0.39, 0.29) is 77.3 Å².